The topological polar surface area (TPSA) is 38.0 Å². The molecule has 1 unspecified atom stereocenters. The van der Waals surface area contributed by atoms with Gasteiger partial charge in [0.1, 0.15) is 0 Å². The van der Waals surface area contributed by atoms with Gasteiger partial charge in [-0.3, -0.25) is 0 Å². The van der Waals surface area contributed by atoms with Gasteiger partial charge in [-0.1, -0.05) is 58.4 Å². The van der Waals surface area contributed by atoms with E-state index in [1.807, 2.05) is 6.07 Å². The SMILES string of the molecule is Cc1cc(C(CN)NCc2ccccc2)ccc1Br. The Morgan fingerprint density at radius 1 is 1.16 bits per heavy atom. The largest absolute Gasteiger partial charge is 0.329 e. The molecule has 0 radical (unpaired) electrons. The number of aryl methyl sites for hydroxylation is 1. The molecular weight excluding hydrogens is 300 g/mol. The average molecular weight is 319 g/mol. The summed E-state index contributed by atoms with van der Waals surface area (Å²) in [5, 5.41) is 3.51. The van der Waals surface area contributed by atoms with Crippen LogP contribution in [0, 0.1) is 6.92 Å². The molecule has 0 spiro atoms. The minimum absolute atomic E-state index is 0.187. The zero-order valence-corrected chi connectivity index (χ0v) is 12.7. The first-order chi connectivity index (χ1) is 9.20. The van der Waals surface area contributed by atoms with Gasteiger partial charge < -0.3 is 11.1 Å². The molecule has 3 heteroatoms. The van der Waals surface area contributed by atoms with Crippen LogP contribution in [0.1, 0.15) is 22.7 Å². The highest BCUT2D eigenvalue weighted by molar-refractivity contribution is 9.10. The summed E-state index contributed by atoms with van der Waals surface area (Å²) in [4.78, 5) is 0. The van der Waals surface area contributed by atoms with E-state index in [1.165, 1.54) is 16.7 Å². The van der Waals surface area contributed by atoms with Crippen molar-refractivity contribution in [2.45, 2.75) is 19.5 Å². The maximum absolute atomic E-state index is 5.88. The van der Waals surface area contributed by atoms with Crippen molar-refractivity contribution < 1.29 is 0 Å². The normalized spacial score (nSPS) is 12.4. The Labute approximate surface area is 123 Å². The minimum atomic E-state index is 0.187. The minimum Gasteiger partial charge on any atom is -0.329 e. The van der Waals surface area contributed by atoms with Crippen LogP contribution in [0.3, 0.4) is 0 Å². The highest BCUT2D eigenvalue weighted by Crippen LogP contribution is 2.21. The standard InChI is InChI=1S/C16H19BrN2/c1-12-9-14(7-8-15(12)17)16(10-18)19-11-13-5-3-2-4-6-13/h2-9,16,19H,10-11,18H2,1H3. The summed E-state index contributed by atoms with van der Waals surface area (Å²) >= 11 is 3.52. The van der Waals surface area contributed by atoms with Gasteiger partial charge in [-0.05, 0) is 29.7 Å². The molecule has 100 valence electrons. The summed E-state index contributed by atoms with van der Waals surface area (Å²) in [6.07, 6.45) is 0. The van der Waals surface area contributed by atoms with Crippen molar-refractivity contribution in [2.24, 2.45) is 5.73 Å². The molecule has 0 bridgehead atoms. The van der Waals surface area contributed by atoms with Crippen LogP contribution in [0.15, 0.2) is 53.0 Å². The van der Waals surface area contributed by atoms with Gasteiger partial charge in [0.05, 0.1) is 0 Å². The third-order valence-electron chi connectivity index (χ3n) is 3.22. The number of rotatable bonds is 5. The van der Waals surface area contributed by atoms with Crippen molar-refractivity contribution in [2.75, 3.05) is 6.54 Å². The molecule has 0 fully saturated rings. The molecule has 1 atom stereocenters. The predicted molar refractivity (Wildman–Crippen MR) is 84.0 cm³/mol. The van der Waals surface area contributed by atoms with Crippen molar-refractivity contribution >= 4 is 15.9 Å². The van der Waals surface area contributed by atoms with Crippen LogP contribution in [0.5, 0.6) is 0 Å². The molecule has 0 saturated heterocycles. The van der Waals surface area contributed by atoms with E-state index in [9.17, 15) is 0 Å². The molecule has 3 N–H and O–H groups in total. The number of halogens is 1. The maximum Gasteiger partial charge on any atom is 0.0447 e. The summed E-state index contributed by atoms with van der Waals surface area (Å²) in [5.74, 6) is 0. The first-order valence-corrected chi connectivity index (χ1v) is 7.23. The molecule has 2 aromatic carbocycles. The van der Waals surface area contributed by atoms with E-state index in [2.05, 4.69) is 70.6 Å². The Bertz CT molecular complexity index is 526. The van der Waals surface area contributed by atoms with E-state index in [0.29, 0.717) is 6.54 Å². The summed E-state index contributed by atoms with van der Waals surface area (Å²) in [6.45, 7) is 3.52. The number of hydrogen-bond acceptors (Lipinski definition) is 2. The summed E-state index contributed by atoms with van der Waals surface area (Å²) in [5.41, 5.74) is 9.62. The lowest BCUT2D eigenvalue weighted by Gasteiger charge is -2.18. The second-order valence-electron chi connectivity index (χ2n) is 4.66. The van der Waals surface area contributed by atoms with E-state index in [0.717, 1.165) is 11.0 Å². The molecule has 0 aromatic heterocycles. The molecule has 2 rings (SSSR count). The van der Waals surface area contributed by atoms with Crippen LogP contribution in [-0.2, 0) is 6.54 Å². The van der Waals surface area contributed by atoms with Gasteiger partial charge in [-0.25, -0.2) is 0 Å². The van der Waals surface area contributed by atoms with Gasteiger partial charge in [-0.2, -0.15) is 0 Å². The molecule has 0 heterocycles. The lowest BCUT2D eigenvalue weighted by Crippen LogP contribution is -2.27. The molecule has 19 heavy (non-hydrogen) atoms. The van der Waals surface area contributed by atoms with Crippen molar-refractivity contribution in [1.29, 1.82) is 0 Å². The molecule has 2 nitrogen and oxygen atoms in total. The predicted octanol–water partition coefficient (Wildman–Crippen LogP) is 3.55. The Kier molecular flexibility index (Phi) is 5.14. The number of nitrogens with one attached hydrogen (secondary N) is 1. The summed E-state index contributed by atoms with van der Waals surface area (Å²) in [6, 6.07) is 16.9. The molecule has 0 amide bonds. The lowest BCUT2D eigenvalue weighted by molar-refractivity contribution is 0.541. The Balaban J connectivity index is 2.05. The molecular formula is C16H19BrN2. The van der Waals surface area contributed by atoms with E-state index in [4.69, 9.17) is 5.73 Å². The summed E-state index contributed by atoms with van der Waals surface area (Å²) in [7, 11) is 0. The molecule has 2 aromatic rings. The third-order valence-corrected chi connectivity index (χ3v) is 4.11. The van der Waals surface area contributed by atoms with E-state index in [1.54, 1.807) is 0 Å². The van der Waals surface area contributed by atoms with Crippen LogP contribution >= 0.6 is 15.9 Å². The second kappa shape index (κ2) is 6.85. The van der Waals surface area contributed by atoms with Crippen molar-refractivity contribution in [3.8, 4) is 0 Å². The quantitative estimate of drug-likeness (QED) is 0.884. The summed E-state index contributed by atoms with van der Waals surface area (Å²) < 4.78 is 1.13. The number of benzene rings is 2. The zero-order valence-electron chi connectivity index (χ0n) is 11.1. The Hall–Kier alpha value is -1.16. The Morgan fingerprint density at radius 3 is 2.53 bits per heavy atom. The van der Waals surface area contributed by atoms with Gasteiger partial charge in [0, 0.05) is 23.6 Å². The van der Waals surface area contributed by atoms with Crippen molar-refractivity contribution in [1.82, 2.24) is 5.32 Å². The number of nitrogens with two attached hydrogens (primary N) is 1. The lowest BCUT2D eigenvalue weighted by atomic mass is 10.0. The highest BCUT2D eigenvalue weighted by atomic mass is 79.9. The van der Waals surface area contributed by atoms with Crippen LogP contribution in [-0.4, -0.2) is 6.54 Å². The third kappa shape index (κ3) is 3.90. The Morgan fingerprint density at radius 2 is 1.89 bits per heavy atom. The second-order valence-corrected chi connectivity index (χ2v) is 5.52. The van der Waals surface area contributed by atoms with Crippen molar-refractivity contribution in [3.63, 3.8) is 0 Å². The smallest absolute Gasteiger partial charge is 0.0447 e. The van der Waals surface area contributed by atoms with Gasteiger partial charge in [-0.15, -0.1) is 0 Å². The van der Waals surface area contributed by atoms with Crippen LogP contribution in [0.25, 0.3) is 0 Å². The van der Waals surface area contributed by atoms with Gasteiger partial charge in [0.25, 0.3) is 0 Å². The van der Waals surface area contributed by atoms with Gasteiger partial charge >= 0.3 is 0 Å². The monoisotopic (exact) mass is 318 g/mol. The van der Waals surface area contributed by atoms with Crippen LogP contribution in [0.4, 0.5) is 0 Å². The van der Waals surface area contributed by atoms with Crippen molar-refractivity contribution in [3.05, 3.63) is 69.7 Å². The van der Waals surface area contributed by atoms with Gasteiger partial charge in [0.2, 0.25) is 0 Å². The van der Waals surface area contributed by atoms with E-state index in [-0.39, 0.29) is 6.04 Å². The van der Waals surface area contributed by atoms with E-state index >= 15 is 0 Å². The highest BCUT2D eigenvalue weighted by Gasteiger charge is 2.09. The first-order valence-electron chi connectivity index (χ1n) is 6.44. The molecule has 0 aliphatic heterocycles. The molecule has 0 aliphatic rings. The van der Waals surface area contributed by atoms with Gasteiger partial charge in [0.15, 0.2) is 0 Å². The van der Waals surface area contributed by atoms with Crippen LogP contribution in [0.2, 0.25) is 0 Å². The average Bonchev–Trinajstić information content (AvgIpc) is 2.44. The van der Waals surface area contributed by atoms with E-state index < -0.39 is 0 Å². The maximum atomic E-state index is 5.88. The molecule has 0 saturated carbocycles. The van der Waals surface area contributed by atoms with Crippen LogP contribution < -0.4 is 11.1 Å². The molecule has 0 aliphatic carbocycles. The fraction of sp³-hybridized carbons (Fsp3) is 0.250. The fourth-order valence-corrected chi connectivity index (χ4v) is 2.31. The fourth-order valence-electron chi connectivity index (χ4n) is 2.06. The first kappa shape index (κ1) is 14.3. The zero-order chi connectivity index (χ0) is 13.7. The number of hydrogen-bond donors (Lipinski definition) is 2.